The lowest BCUT2D eigenvalue weighted by Gasteiger charge is -2.27. The fourth-order valence-electron chi connectivity index (χ4n) is 5.40. The molecule has 1 heterocycles. The predicted molar refractivity (Wildman–Crippen MR) is 180 cm³/mol. The third-order valence-corrected chi connectivity index (χ3v) is 8.74. The maximum atomic E-state index is 14.1. The molecule has 0 saturated carbocycles. The van der Waals surface area contributed by atoms with Gasteiger partial charge in [-0.15, -0.1) is 11.8 Å². The normalized spacial score (nSPS) is 14.9. The van der Waals surface area contributed by atoms with E-state index in [-0.39, 0.29) is 37.4 Å². The number of anilines is 1. The van der Waals surface area contributed by atoms with Crippen molar-refractivity contribution in [3.05, 3.63) is 96.1 Å². The SMILES string of the molecule is CC(C)(N)CC(=O)N[C@@H]1CSc2c(ccc3ccccc23)N(Cc2ccc(-c3ccccc3CNC(=O)NCCO)cc2)C1=O. The van der Waals surface area contributed by atoms with Crippen LogP contribution in [0.3, 0.4) is 0 Å². The summed E-state index contributed by atoms with van der Waals surface area (Å²) in [4.78, 5) is 41.7. The van der Waals surface area contributed by atoms with E-state index in [0.29, 0.717) is 18.8 Å². The maximum absolute atomic E-state index is 14.1. The number of nitrogens with one attached hydrogen (secondary N) is 3. The second-order valence-electron chi connectivity index (χ2n) is 11.8. The molecule has 45 heavy (non-hydrogen) atoms. The molecule has 1 aliphatic rings. The van der Waals surface area contributed by atoms with Crippen molar-refractivity contribution in [1.82, 2.24) is 16.0 Å². The lowest BCUT2D eigenvalue weighted by molar-refractivity contribution is -0.127. The van der Waals surface area contributed by atoms with Crippen LogP contribution in [0.2, 0.25) is 0 Å². The number of nitrogens with two attached hydrogens (primary N) is 1. The standard InChI is InChI=1S/C35H39N5O4S/c1-35(2,36)19-31(42)39-29-22-45-32-28-10-6-3-7-24(28)15-16-30(32)40(33(29)43)21-23-11-13-25(14-12-23)27-9-5-4-8-26(27)20-38-34(44)37-17-18-41/h3-16,29,41H,17-22,36H2,1-2H3,(H,39,42)(H2,37,38,44)/t29-/m1/s1. The summed E-state index contributed by atoms with van der Waals surface area (Å²) in [6.07, 6.45) is 0.114. The molecule has 0 radical (unpaired) electrons. The van der Waals surface area contributed by atoms with Crippen molar-refractivity contribution < 1.29 is 19.5 Å². The van der Waals surface area contributed by atoms with Gasteiger partial charge in [0.25, 0.3) is 5.91 Å². The zero-order chi connectivity index (χ0) is 32.0. The number of aliphatic hydroxyl groups excluding tert-OH is 1. The molecule has 1 aliphatic heterocycles. The number of urea groups is 1. The molecule has 0 spiro atoms. The quantitative estimate of drug-likeness (QED) is 0.175. The number of nitrogens with zero attached hydrogens (tertiary/aromatic N) is 1. The molecule has 0 bridgehead atoms. The van der Waals surface area contributed by atoms with E-state index in [2.05, 4.69) is 28.1 Å². The predicted octanol–water partition coefficient (Wildman–Crippen LogP) is 4.55. The highest BCUT2D eigenvalue weighted by Gasteiger charge is 2.33. The summed E-state index contributed by atoms with van der Waals surface area (Å²) in [5.74, 6) is -0.00484. The minimum absolute atomic E-state index is 0.114. The van der Waals surface area contributed by atoms with Crippen molar-refractivity contribution in [2.45, 2.75) is 49.8 Å². The molecule has 234 valence electrons. The van der Waals surface area contributed by atoms with Crippen molar-refractivity contribution in [2.24, 2.45) is 5.73 Å². The molecule has 0 fully saturated rings. The molecule has 0 saturated heterocycles. The molecular formula is C35H39N5O4S. The Hall–Kier alpha value is -4.38. The highest BCUT2D eigenvalue weighted by atomic mass is 32.2. The third kappa shape index (κ3) is 8.02. The average Bonchev–Trinajstić information content (AvgIpc) is 3.15. The molecule has 9 nitrogen and oxygen atoms in total. The second kappa shape index (κ2) is 14.2. The number of aliphatic hydroxyl groups is 1. The zero-order valence-corrected chi connectivity index (χ0v) is 26.3. The molecule has 0 unspecified atom stereocenters. The van der Waals surface area contributed by atoms with E-state index in [1.807, 2.05) is 72.8 Å². The van der Waals surface area contributed by atoms with Gasteiger partial charge in [-0.05, 0) is 52.9 Å². The van der Waals surface area contributed by atoms with Gasteiger partial charge in [0.1, 0.15) is 6.04 Å². The Kier molecular flexibility index (Phi) is 10.1. The van der Waals surface area contributed by atoms with Crippen LogP contribution >= 0.6 is 11.8 Å². The number of rotatable bonds is 10. The summed E-state index contributed by atoms with van der Waals surface area (Å²) in [6.45, 7) is 4.30. The summed E-state index contributed by atoms with van der Waals surface area (Å²) in [5, 5.41) is 19.5. The topological polar surface area (TPSA) is 137 Å². The monoisotopic (exact) mass is 625 g/mol. The summed E-state index contributed by atoms with van der Waals surface area (Å²) in [5.41, 5.74) is 10.1. The Bertz CT molecular complexity index is 1690. The molecule has 5 rings (SSSR count). The molecule has 4 aromatic carbocycles. The van der Waals surface area contributed by atoms with Crippen molar-refractivity contribution in [3.8, 4) is 11.1 Å². The van der Waals surface area contributed by atoms with Gasteiger partial charge < -0.3 is 31.7 Å². The number of carbonyl (C=O) groups is 3. The van der Waals surface area contributed by atoms with Crippen LogP contribution in [0.1, 0.15) is 31.4 Å². The zero-order valence-electron chi connectivity index (χ0n) is 25.5. The second-order valence-corrected chi connectivity index (χ2v) is 12.9. The van der Waals surface area contributed by atoms with Gasteiger partial charge in [-0.1, -0.05) is 78.9 Å². The van der Waals surface area contributed by atoms with E-state index in [1.165, 1.54) is 0 Å². The van der Waals surface area contributed by atoms with Crippen molar-refractivity contribution in [1.29, 1.82) is 0 Å². The summed E-state index contributed by atoms with van der Waals surface area (Å²) in [7, 11) is 0. The summed E-state index contributed by atoms with van der Waals surface area (Å²) >= 11 is 1.58. The van der Waals surface area contributed by atoms with E-state index in [0.717, 1.165) is 43.6 Å². The highest BCUT2D eigenvalue weighted by molar-refractivity contribution is 7.99. The minimum atomic E-state index is -0.704. The number of fused-ring (bicyclic) bond motifs is 3. The summed E-state index contributed by atoms with van der Waals surface area (Å²) in [6, 6.07) is 27.0. The minimum Gasteiger partial charge on any atom is -0.395 e. The first kappa shape index (κ1) is 32.0. The number of carbonyl (C=O) groups excluding carboxylic acids is 3. The Morgan fingerprint density at radius 2 is 1.71 bits per heavy atom. The molecule has 0 aromatic heterocycles. The Morgan fingerprint density at radius 1 is 0.978 bits per heavy atom. The molecule has 1 atom stereocenters. The third-order valence-electron chi connectivity index (χ3n) is 7.52. The van der Waals surface area contributed by atoms with E-state index >= 15 is 0 Å². The lowest BCUT2D eigenvalue weighted by Crippen LogP contribution is -2.51. The molecule has 0 aliphatic carbocycles. The van der Waals surface area contributed by atoms with Crippen LogP contribution in [-0.2, 0) is 22.7 Å². The fraction of sp³-hybridized carbons (Fsp3) is 0.286. The van der Waals surface area contributed by atoms with Gasteiger partial charge in [-0.3, -0.25) is 9.59 Å². The van der Waals surface area contributed by atoms with E-state index < -0.39 is 11.6 Å². The van der Waals surface area contributed by atoms with Gasteiger partial charge in [0, 0.05) is 35.7 Å². The number of hydrogen-bond donors (Lipinski definition) is 5. The van der Waals surface area contributed by atoms with Crippen LogP contribution in [0.5, 0.6) is 0 Å². The Labute approximate surface area is 267 Å². The highest BCUT2D eigenvalue weighted by Crippen LogP contribution is 2.40. The first-order chi connectivity index (χ1) is 21.6. The van der Waals surface area contributed by atoms with Crippen LogP contribution in [0.4, 0.5) is 10.5 Å². The molecule has 4 amide bonds. The van der Waals surface area contributed by atoms with Crippen LogP contribution in [0.15, 0.2) is 89.8 Å². The lowest BCUT2D eigenvalue weighted by atomic mass is 9.98. The van der Waals surface area contributed by atoms with Crippen molar-refractivity contribution >= 4 is 46.1 Å². The van der Waals surface area contributed by atoms with E-state index in [9.17, 15) is 14.4 Å². The molecule has 4 aromatic rings. The van der Waals surface area contributed by atoms with Crippen LogP contribution in [0.25, 0.3) is 21.9 Å². The van der Waals surface area contributed by atoms with Gasteiger partial charge in [-0.2, -0.15) is 0 Å². The largest absolute Gasteiger partial charge is 0.395 e. The van der Waals surface area contributed by atoms with Gasteiger partial charge in [0.05, 0.1) is 18.8 Å². The van der Waals surface area contributed by atoms with E-state index in [4.69, 9.17) is 10.8 Å². The Morgan fingerprint density at radius 3 is 2.47 bits per heavy atom. The summed E-state index contributed by atoms with van der Waals surface area (Å²) < 4.78 is 0. The fourth-order valence-corrected chi connectivity index (χ4v) is 6.63. The van der Waals surface area contributed by atoms with Gasteiger partial charge >= 0.3 is 6.03 Å². The molecule has 6 N–H and O–H groups in total. The smallest absolute Gasteiger partial charge is 0.315 e. The number of hydrogen-bond acceptors (Lipinski definition) is 6. The first-order valence-electron chi connectivity index (χ1n) is 15.0. The van der Waals surface area contributed by atoms with Gasteiger partial charge in [-0.25, -0.2) is 4.79 Å². The number of thioether (sulfide) groups is 1. The van der Waals surface area contributed by atoms with Crippen LogP contribution < -0.4 is 26.6 Å². The van der Waals surface area contributed by atoms with E-state index in [1.54, 1.807) is 30.5 Å². The van der Waals surface area contributed by atoms with Crippen LogP contribution in [-0.4, -0.2) is 53.4 Å². The first-order valence-corrected chi connectivity index (χ1v) is 16.0. The van der Waals surface area contributed by atoms with Crippen LogP contribution in [0, 0.1) is 0 Å². The molecular weight excluding hydrogens is 586 g/mol. The van der Waals surface area contributed by atoms with Crippen molar-refractivity contribution in [3.63, 3.8) is 0 Å². The number of benzene rings is 4. The Balaban J connectivity index is 1.41. The van der Waals surface area contributed by atoms with Gasteiger partial charge in [0.15, 0.2) is 0 Å². The van der Waals surface area contributed by atoms with Gasteiger partial charge in [0.2, 0.25) is 5.91 Å². The number of amides is 4. The average molecular weight is 626 g/mol. The molecule has 10 heteroatoms. The maximum Gasteiger partial charge on any atom is 0.315 e. The van der Waals surface area contributed by atoms with Crippen molar-refractivity contribution in [2.75, 3.05) is 23.8 Å².